The molecule has 2 atom stereocenters. The van der Waals surface area contributed by atoms with Crippen LogP contribution in [0.15, 0.2) is 0 Å². The van der Waals surface area contributed by atoms with Gasteiger partial charge in [-0.15, -0.1) is 0 Å². The van der Waals surface area contributed by atoms with E-state index in [0.29, 0.717) is 13.0 Å². The molecule has 8 nitrogen and oxygen atoms in total. The van der Waals surface area contributed by atoms with E-state index in [1.54, 1.807) is 0 Å². The van der Waals surface area contributed by atoms with Crippen LogP contribution in [0.25, 0.3) is 0 Å². The van der Waals surface area contributed by atoms with Gasteiger partial charge in [-0.25, -0.2) is 9.59 Å². The molecule has 0 unspecified atom stereocenters. The first-order chi connectivity index (χ1) is 7.58. The lowest BCUT2D eigenvalue weighted by atomic mass is 10.3. The maximum absolute atomic E-state index is 11.4. The van der Waals surface area contributed by atoms with Crippen LogP contribution in [-0.4, -0.2) is 46.9 Å². The summed E-state index contributed by atoms with van der Waals surface area (Å²) in [5, 5.41) is 16.2. The predicted molar refractivity (Wildman–Crippen MR) is 51.4 cm³/mol. The summed E-state index contributed by atoms with van der Waals surface area (Å²) in [7, 11) is 0. The lowest BCUT2D eigenvalue weighted by molar-refractivity contribution is -0.137. The fourth-order valence-corrected chi connectivity index (χ4v) is 1.84. The van der Waals surface area contributed by atoms with E-state index < -0.39 is 18.3 Å². The average molecular weight is 228 g/mol. The van der Waals surface area contributed by atoms with E-state index in [4.69, 9.17) is 5.11 Å². The molecule has 16 heavy (non-hydrogen) atoms. The molecule has 0 radical (unpaired) electrons. The number of hydrogen-bond acceptors (Lipinski definition) is 3. The molecular formula is C8H12N4O4. The molecule has 2 aliphatic heterocycles. The second kappa shape index (κ2) is 3.87. The Bertz CT molecular complexity index is 345. The first-order valence-electron chi connectivity index (χ1n) is 4.94. The molecule has 0 saturated carbocycles. The normalized spacial score (nSPS) is 27.1. The Balaban J connectivity index is 1.90. The van der Waals surface area contributed by atoms with Gasteiger partial charge in [0.25, 0.3) is 0 Å². The molecule has 2 aliphatic rings. The second-order valence-electron chi connectivity index (χ2n) is 3.68. The zero-order valence-corrected chi connectivity index (χ0v) is 8.40. The van der Waals surface area contributed by atoms with Crippen LogP contribution in [0.1, 0.15) is 12.8 Å². The van der Waals surface area contributed by atoms with Crippen LogP contribution in [-0.2, 0) is 4.79 Å². The number of fused-ring (bicyclic) bond motifs is 1. The number of carboxylic acid groups (broad SMARTS) is 1. The SMILES string of the molecule is O=C(O)CCCN1C(=O)N[C@H]2NC(=O)N[C@H]21. The quantitative estimate of drug-likeness (QED) is 0.486. The minimum atomic E-state index is -0.898. The number of nitrogens with zero attached hydrogens (tertiary/aromatic N) is 1. The minimum absolute atomic E-state index is 0.00252. The maximum Gasteiger partial charge on any atom is 0.320 e. The summed E-state index contributed by atoms with van der Waals surface area (Å²) < 4.78 is 0. The Hall–Kier alpha value is -1.99. The molecule has 0 aromatic carbocycles. The summed E-state index contributed by atoms with van der Waals surface area (Å²) in [5.74, 6) is -0.898. The number of rotatable bonds is 4. The third kappa shape index (κ3) is 1.86. The van der Waals surface area contributed by atoms with E-state index in [1.807, 2.05) is 0 Å². The van der Waals surface area contributed by atoms with E-state index in [2.05, 4.69) is 16.0 Å². The van der Waals surface area contributed by atoms with Crippen LogP contribution in [0.5, 0.6) is 0 Å². The van der Waals surface area contributed by atoms with Crippen molar-refractivity contribution in [3.63, 3.8) is 0 Å². The van der Waals surface area contributed by atoms with E-state index >= 15 is 0 Å². The molecule has 0 aromatic rings. The topological polar surface area (TPSA) is 111 Å². The lowest BCUT2D eigenvalue weighted by Gasteiger charge is -2.20. The van der Waals surface area contributed by atoms with Gasteiger partial charge in [-0.3, -0.25) is 4.79 Å². The summed E-state index contributed by atoms with van der Waals surface area (Å²) in [5.41, 5.74) is 0. The average Bonchev–Trinajstić information content (AvgIpc) is 2.64. The first-order valence-corrected chi connectivity index (χ1v) is 4.94. The Morgan fingerprint density at radius 2 is 2.06 bits per heavy atom. The van der Waals surface area contributed by atoms with Crippen molar-refractivity contribution in [1.29, 1.82) is 0 Å². The molecule has 8 heteroatoms. The molecule has 2 fully saturated rings. The fourth-order valence-electron chi connectivity index (χ4n) is 1.84. The molecule has 0 aromatic heterocycles. The van der Waals surface area contributed by atoms with Crippen molar-refractivity contribution in [2.75, 3.05) is 6.54 Å². The Morgan fingerprint density at radius 3 is 2.75 bits per heavy atom. The summed E-state index contributed by atoms with van der Waals surface area (Å²) >= 11 is 0. The molecule has 2 rings (SSSR count). The summed E-state index contributed by atoms with van der Waals surface area (Å²) in [6.45, 7) is 0.307. The fraction of sp³-hybridized carbons (Fsp3) is 0.625. The molecule has 0 aliphatic carbocycles. The number of aliphatic carboxylic acids is 1. The zero-order valence-electron chi connectivity index (χ0n) is 8.40. The lowest BCUT2D eigenvalue weighted by Crippen LogP contribution is -2.43. The van der Waals surface area contributed by atoms with Gasteiger partial charge in [-0.05, 0) is 6.42 Å². The Labute approximate surface area is 91.0 Å². The number of urea groups is 2. The van der Waals surface area contributed by atoms with Crippen LogP contribution in [0, 0.1) is 0 Å². The van der Waals surface area contributed by atoms with E-state index in [1.165, 1.54) is 4.90 Å². The van der Waals surface area contributed by atoms with E-state index in [0.717, 1.165) is 0 Å². The molecule has 4 N–H and O–H groups in total. The monoisotopic (exact) mass is 228 g/mol. The van der Waals surface area contributed by atoms with Gasteiger partial charge in [0.05, 0.1) is 0 Å². The number of nitrogens with one attached hydrogen (secondary N) is 3. The third-order valence-electron chi connectivity index (χ3n) is 2.55. The van der Waals surface area contributed by atoms with Crippen LogP contribution in [0.2, 0.25) is 0 Å². The molecule has 0 bridgehead atoms. The van der Waals surface area contributed by atoms with Crippen LogP contribution in [0.4, 0.5) is 9.59 Å². The molecule has 0 spiro atoms. The number of carbonyl (C=O) groups excluding carboxylic acids is 2. The van der Waals surface area contributed by atoms with Gasteiger partial charge in [0.2, 0.25) is 0 Å². The van der Waals surface area contributed by atoms with Gasteiger partial charge >= 0.3 is 18.0 Å². The van der Waals surface area contributed by atoms with Crippen molar-refractivity contribution in [2.45, 2.75) is 25.2 Å². The largest absolute Gasteiger partial charge is 0.481 e. The van der Waals surface area contributed by atoms with E-state index in [-0.39, 0.29) is 18.5 Å². The van der Waals surface area contributed by atoms with Gasteiger partial charge in [0, 0.05) is 13.0 Å². The summed E-state index contributed by atoms with van der Waals surface area (Å²) in [6.07, 6.45) is -0.483. The van der Waals surface area contributed by atoms with Crippen molar-refractivity contribution >= 4 is 18.0 Å². The molecule has 4 amide bonds. The van der Waals surface area contributed by atoms with Gasteiger partial charge in [-0.1, -0.05) is 0 Å². The maximum atomic E-state index is 11.4. The highest BCUT2D eigenvalue weighted by atomic mass is 16.4. The summed E-state index contributed by atoms with van der Waals surface area (Å²) in [6, 6.07) is -0.633. The smallest absolute Gasteiger partial charge is 0.320 e. The number of carboxylic acids is 1. The zero-order chi connectivity index (χ0) is 11.7. The molecule has 88 valence electrons. The number of carbonyl (C=O) groups is 3. The molecule has 2 heterocycles. The molecular weight excluding hydrogens is 216 g/mol. The highest BCUT2D eigenvalue weighted by Crippen LogP contribution is 2.14. The molecule has 2 saturated heterocycles. The number of amides is 4. The van der Waals surface area contributed by atoms with Gasteiger partial charge in [-0.2, -0.15) is 0 Å². The van der Waals surface area contributed by atoms with Crippen molar-refractivity contribution in [2.24, 2.45) is 0 Å². The van der Waals surface area contributed by atoms with Crippen molar-refractivity contribution in [3.05, 3.63) is 0 Å². The summed E-state index contributed by atoms with van der Waals surface area (Å²) in [4.78, 5) is 34.2. The highest BCUT2D eigenvalue weighted by molar-refractivity contribution is 5.84. The van der Waals surface area contributed by atoms with Gasteiger partial charge in [0.1, 0.15) is 12.3 Å². The Kier molecular flexibility index (Phi) is 2.55. The highest BCUT2D eigenvalue weighted by Gasteiger charge is 2.44. The van der Waals surface area contributed by atoms with Gasteiger partial charge in [0.15, 0.2) is 0 Å². The first kappa shape index (κ1) is 10.5. The predicted octanol–water partition coefficient (Wildman–Crippen LogP) is -1.16. The van der Waals surface area contributed by atoms with Crippen LogP contribution >= 0.6 is 0 Å². The van der Waals surface area contributed by atoms with Crippen molar-refractivity contribution < 1.29 is 19.5 Å². The number of hydrogen-bond donors (Lipinski definition) is 4. The van der Waals surface area contributed by atoms with E-state index in [9.17, 15) is 14.4 Å². The Morgan fingerprint density at radius 1 is 1.31 bits per heavy atom. The standard InChI is InChI=1S/C8H12N4O4/c13-4(14)2-1-3-12-6-5(10-8(12)16)9-7(15)11-6/h5-6H,1-3H2,(H,10,16)(H,13,14)(H2,9,11,15)/t5-,6+/m1/s1. The van der Waals surface area contributed by atoms with Crippen molar-refractivity contribution in [3.8, 4) is 0 Å². The van der Waals surface area contributed by atoms with Gasteiger partial charge < -0.3 is 26.0 Å². The van der Waals surface area contributed by atoms with Crippen LogP contribution < -0.4 is 16.0 Å². The van der Waals surface area contributed by atoms with Crippen molar-refractivity contribution in [1.82, 2.24) is 20.9 Å². The van der Waals surface area contributed by atoms with Crippen LogP contribution in [0.3, 0.4) is 0 Å². The minimum Gasteiger partial charge on any atom is -0.481 e. The third-order valence-corrected chi connectivity index (χ3v) is 2.55. The second-order valence-corrected chi connectivity index (χ2v) is 3.68.